The Labute approximate surface area is 208 Å². The Hall–Kier alpha value is -2.39. The van der Waals surface area contributed by atoms with Crippen LogP contribution in [0.4, 0.5) is 0 Å². The molecular formula is C25H34IN5O. The zero-order valence-electron chi connectivity index (χ0n) is 19.2. The molecule has 0 radical (unpaired) electrons. The summed E-state index contributed by atoms with van der Waals surface area (Å²) < 4.78 is 5.61. The van der Waals surface area contributed by atoms with Gasteiger partial charge in [-0.2, -0.15) is 0 Å². The Bertz CT molecular complexity index is 936. The normalized spacial score (nSPS) is 11.3. The number of guanidine groups is 1. The zero-order valence-corrected chi connectivity index (χ0v) is 21.5. The Kier molecular flexibility index (Phi) is 11.2. The highest BCUT2D eigenvalue weighted by atomic mass is 127. The van der Waals surface area contributed by atoms with Gasteiger partial charge >= 0.3 is 0 Å². The molecule has 0 unspecified atom stereocenters. The molecule has 0 aliphatic rings. The van der Waals surface area contributed by atoms with Crippen molar-refractivity contribution in [3.05, 3.63) is 77.7 Å². The van der Waals surface area contributed by atoms with Gasteiger partial charge in [0.05, 0.1) is 18.8 Å². The number of aromatic nitrogens is 1. The number of aliphatic imine (C=N–C) groups is 1. The second kappa shape index (κ2) is 13.9. The molecule has 0 amide bonds. The summed E-state index contributed by atoms with van der Waals surface area (Å²) in [5.74, 6) is 1.39. The molecule has 3 aromatic rings. The van der Waals surface area contributed by atoms with Crippen molar-refractivity contribution in [3.63, 3.8) is 0 Å². The topological polar surface area (TPSA) is 65.7 Å². The van der Waals surface area contributed by atoms with Crippen LogP contribution in [0.1, 0.15) is 37.6 Å². The van der Waals surface area contributed by atoms with Crippen LogP contribution in [-0.4, -0.2) is 35.5 Å². The van der Waals surface area contributed by atoms with Gasteiger partial charge in [0, 0.05) is 18.7 Å². The molecule has 7 heteroatoms. The lowest BCUT2D eigenvalue weighted by Gasteiger charge is -2.18. The smallest absolute Gasteiger partial charge is 0.226 e. The molecule has 0 aliphatic carbocycles. The highest BCUT2D eigenvalue weighted by Gasteiger charge is 2.07. The molecule has 0 aliphatic heterocycles. The average Bonchev–Trinajstić information content (AvgIpc) is 3.30. The number of rotatable bonds is 10. The fourth-order valence-electron chi connectivity index (χ4n) is 3.24. The Morgan fingerprint density at radius 2 is 1.62 bits per heavy atom. The number of oxazole rings is 1. The van der Waals surface area contributed by atoms with Gasteiger partial charge in [0.1, 0.15) is 6.26 Å². The first kappa shape index (κ1) is 25.9. The van der Waals surface area contributed by atoms with Crippen LogP contribution in [0.2, 0.25) is 0 Å². The first-order valence-electron chi connectivity index (χ1n) is 11.0. The van der Waals surface area contributed by atoms with Crippen LogP contribution in [0.5, 0.6) is 0 Å². The molecule has 2 N–H and O–H groups in total. The quantitative estimate of drug-likeness (QED) is 0.211. The third kappa shape index (κ3) is 7.94. The van der Waals surface area contributed by atoms with E-state index < -0.39 is 0 Å². The van der Waals surface area contributed by atoms with Crippen molar-refractivity contribution in [3.8, 4) is 11.5 Å². The predicted molar refractivity (Wildman–Crippen MR) is 142 cm³/mol. The molecule has 2 aromatic carbocycles. The first-order chi connectivity index (χ1) is 15.2. The van der Waals surface area contributed by atoms with Gasteiger partial charge in [-0.3, -0.25) is 4.90 Å². The summed E-state index contributed by atoms with van der Waals surface area (Å²) >= 11 is 0. The number of hydrogen-bond acceptors (Lipinski definition) is 4. The number of halogens is 1. The van der Waals surface area contributed by atoms with E-state index in [1.165, 1.54) is 11.1 Å². The van der Waals surface area contributed by atoms with Crippen molar-refractivity contribution in [2.24, 2.45) is 4.99 Å². The number of nitrogens with one attached hydrogen (secondary N) is 2. The minimum absolute atomic E-state index is 0. The van der Waals surface area contributed by atoms with Gasteiger partial charge in [-0.05, 0) is 43.3 Å². The highest BCUT2D eigenvalue weighted by Crippen LogP contribution is 2.17. The molecule has 0 saturated carbocycles. The van der Waals surface area contributed by atoms with Gasteiger partial charge in [0.15, 0.2) is 5.96 Å². The third-order valence-electron chi connectivity index (χ3n) is 5.10. The molecular weight excluding hydrogens is 513 g/mol. The molecule has 0 saturated heterocycles. The van der Waals surface area contributed by atoms with E-state index in [1.807, 2.05) is 30.3 Å². The molecule has 1 heterocycles. The fourth-order valence-corrected chi connectivity index (χ4v) is 3.24. The first-order valence-corrected chi connectivity index (χ1v) is 11.0. The second-order valence-electron chi connectivity index (χ2n) is 7.34. The maximum atomic E-state index is 5.61. The Morgan fingerprint density at radius 3 is 2.28 bits per heavy atom. The molecule has 0 fully saturated rings. The molecule has 32 heavy (non-hydrogen) atoms. The van der Waals surface area contributed by atoms with Crippen LogP contribution in [0.25, 0.3) is 11.5 Å². The van der Waals surface area contributed by atoms with E-state index in [4.69, 9.17) is 9.41 Å². The van der Waals surface area contributed by atoms with Crippen molar-refractivity contribution in [2.75, 3.05) is 19.6 Å². The van der Waals surface area contributed by atoms with Crippen LogP contribution >= 0.6 is 24.0 Å². The maximum Gasteiger partial charge on any atom is 0.226 e. The van der Waals surface area contributed by atoms with Gasteiger partial charge in [0.25, 0.3) is 0 Å². The van der Waals surface area contributed by atoms with E-state index in [9.17, 15) is 0 Å². The molecule has 0 atom stereocenters. The second-order valence-corrected chi connectivity index (χ2v) is 7.34. The van der Waals surface area contributed by atoms with Crippen molar-refractivity contribution in [2.45, 2.75) is 40.4 Å². The van der Waals surface area contributed by atoms with E-state index in [1.54, 1.807) is 6.26 Å². The van der Waals surface area contributed by atoms with Crippen molar-refractivity contribution in [1.29, 1.82) is 0 Å². The summed E-state index contributed by atoms with van der Waals surface area (Å²) in [6, 6.07) is 18.6. The Morgan fingerprint density at radius 1 is 0.938 bits per heavy atom. The number of nitrogens with zero attached hydrogens (tertiary/aromatic N) is 3. The maximum absolute atomic E-state index is 5.61. The summed E-state index contributed by atoms with van der Waals surface area (Å²) in [4.78, 5) is 11.7. The van der Waals surface area contributed by atoms with Gasteiger partial charge in [0.2, 0.25) is 5.89 Å². The average molecular weight is 547 g/mol. The van der Waals surface area contributed by atoms with E-state index >= 15 is 0 Å². The lowest BCUT2D eigenvalue weighted by molar-refractivity contribution is 0.296. The van der Waals surface area contributed by atoms with E-state index in [0.29, 0.717) is 19.0 Å². The molecule has 6 nitrogen and oxygen atoms in total. The van der Waals surface area contributed by atoms with E-state index in [-0.39, 0.29) is 24.0 Å². The van der Waals surface area contributed by atoms with Gasteiger partial charge in [-0.1, -0.05) is 56.3 Å². The van der Waals surface area contributed by atoms with Crippen LogP contribution < -0.4 is 10.6 Å². The largest absolute Gasteiger partial charge is 0.444 e. The minimum atomic E-state index is 0. The Balaban J connectivity index is 0.00000363. The lowest BCUT2D eigenvalue weighted by Crippen LogP contribution is -2.36. The monoisotopic (exact) mass is 547 g/mol. The van der Waals surface area contributed by atoms with Crippen molar-refractivity contribution >= 4 is 29.9 Å². The fraction of sp³-hybridized carbons (Fsp3) is 0.360. The van der Waals surface area contributed by atoms with Gasteiger partial charge < -0.3 is 15.1 Å². The minimum Gasteiger partial charge on any atom is -0.444 e. The van der Waals surface area contributed by atoms with Gasteiger partial charge in [-0.15, -0.1) is 24.0 Å². The molecule has 3 rings (SSSR count). The van der Waals surface area contributed by atoms with Gasteiger partial charge in [-0.25, -0.2) is 9.98 Å². The highest BCUT2D eigenvalue weighted by molar-refractivity contribution is 14.0. The third-order valence-corrected chi connectivity index (χ3v) is 5.10. The van der Waals surface area contributed by atoms with Crippen LogP contribution in [0.15, 0.2) is 70.3 Å². The molecule has 172 valence electrons. The summed E-state index contributed by atoms with van der Waals surface area (Å²) in [6.45, 7) is 11.5. The van der Waals surface area contributed by atoms with Crippen LogP contribution in [0.3, 0.4) is 0 Å². The number of benzene rings is 2. The molecule has 0 bridgehead atoms. The van der Waals surface area contributed by atoms with E-state index in [0.717, 1.165) is 43.4 Å². The van der Waals surface area contributed by atoms with Crippen LogP contribution in [0, 0.1) is 0 Å². The summed E-state index contributed by atoms with van der Waals surface area (Å²) in [6.07, 6.45) is 1.69. The van der Waals surface area contributed by atoms with E-state index in [2.05, 4.69) is 65.6 Å². The lowest BCUT2D eigenvalue weighted by atomic mass is 10.1. The number of hydrogen-bond donors (Lipinski definition) is 2. The van der Waals surface area contributed by atoms with Crippen molar-refractivity contribution < 1.29 is 4.42 Å². The molecule has 0 spiro atoms. The SMILES string of the molecule is CCNC(=NCc1ccc(CN(CC)CC)cc1)NCc1coc(-c2ccccc2)n1.I. The molecule has 1 aromatic heterocycles. The zero-order chi connectivity index (χ0) is 21.9. The summed E-state index contributed by atoms with van der Waals surface area (Å²) in [5.41, 5.74) is 4.33. The van der Waals surface area contributed by atoms with Crippen LogP contribution in [-0.2, 0) is 19.6 Å². The summed E-state index contributed by atoms with van der Waals surface area (Å²) in [5, 5.41) is 6.62. The summed E-state index contributed by atoms with van der Waals surface area (Å²) in [7, 11) is 0. The standard InChI is InChI=1S/C25H33N5O.HI/c1-4-26-25(27-16-20-12-14-21(15-13-20)18-30(5-2)6-3)28-17-23-19-31-24(29-23)22-10-8-7-9-11-22;/h7-15,19H,4-6,16-18H2,1-3H3,(H2,26,27,28);1H. The predicted octanol–water partition coefficient (Wildman–Crippen LogP) is 5.06. The van der Waals surface area contributed by atoms with Crippen molar-refractivity contribution in [1.82, 2.24) is 20.5 Å².